The zero-order valence-electron chi connectivity index (χ0n) is 11.1. The van der Waals surface area contributed by atoms with Gasteiger partial charge in [0.1, 0.15) is 11.5 Å². The summed E-state index contributed by atoms with van der Waals surface area (Å²) in [6.07, 6.45) is 0. The van der Waals surface area contributed by atoms with Gasteiger partial charge in [-0.1, -0.05) is 23.7 Å². The van der Waals surface area contributed by atoms with Crippen LogP contribution in [0.3, 0.4) is 0 Å². The Bertz CT molecular complexity index is 562. The minimum atomic E-state index is -0.390. The van der Waals surface area contributed by atoms with E-state index in [-0.39, 0.29) is 6.04 Å². The maximum Gasteiger partial charge on any atom is 0.126 e. The molecule has 0 amide bonds. The largest absolute Gasteiger partial charge is 0.309 e. The summed E-state index contributed by atoms with van der Waals surface area (Å²) in [6.45, 7) is 6.80. The minimum absolute atomic E-state index is 0.0998. The van der Waals surface area contributed by atoms with Gasteiger partial charge in [0.2, 0.25) is 0 Å². The maximum atomic E-state index is 13.4. The van der Waals surface area contributed by atoms with Crippen LogP contribution in [0.5, 0.6) is 0 Å². The summed E-state index contributed by atoms with van der Waals surface area (Å²) in [5.41, 5.74) is 2.29. The molecule has 6 heteroatoms. The fourth-order valence-electron chi connectivity index (χ4n) is 2.05. The Morgan fingerprint density at radius 2 is 2.16 bits per heavy atom. The number of nitrogens with zero attached hydrogens (tertiary/aromatic N) is 3. The topological polar surface area (TPSA) is 42.7 Å². The maximum absolute atomic E-state index is 13.4. The molecule has 0 spiro atoms. The lowest BCUT2D eigenvalue weighted by molar-refractivity contribution is 0.579. The summed E-state index contributed by atoms with van der Waals surface area (Å²) in [4.78, 5) is 0. The van der Waals surface area contributed by atoms with E-state index in [1.54, 1.807) is 10.7 Å². The molecule has 1 aromatic heterocycles. The lowest BCUT2D eigenvalue weighted by atomic mass is 10.2. The summed E-state index contributed by atoms with van der Waals surface area (Å²) in [5.74, 6) is -0.390. The smallest absolute Gasteiger partial charge is 0.126 e. The summed E-state index contributed by atoms with van der Waals surface area (Å²) in [6, 6.07) is 4.41. The molecule has 0 radical (unpaired) electrons. The van der Waals surface area contributed by atoms with Gasteiger partial charge in [-0.3, -0.25) is 0 Å². The predicted molar refractivity (Wildman–Crippen MR) is 73.2 cm³/mol. The van der Waals surface area contributed by atoms with Crippen molar-refractivity contribution < 1.29 is 4.39 Å². The lowest BCUT2D eigenvalue weighted by Gasteiger charge is -2.10. The molecule has 0 aliphatic carbocycles. The second kappa shape index (κ2) is 5.67. The highest BCUT2D eigenvalue weighted by Crippen LogP contribution is 2.21. The average molecular weight is 283 g/mol. The number of aromatic nitrogens is 3. The summed E-state index contributed by atoms with van der Waals surface area (Å²) >= 11 is 5.86. The zero-order chi connectivity index (χ0) is 14.0. The second-order valence-corrected chi connectivity index (χ2v) is 4.82. The molecule has 0 saturated heterocycles. The van der Waals surface area contributed by atoms with Crippen LogP contribution in [0.1, 0.15) is 31.3 Å². The van der Waals surface area contributed by atoms with Crippen LogP contribution in [-0.2, 0) is 0 Å². The van der Waals surface area contributed by atoms with E-state index in [4.69, 9.17) is 11.6 Å². The molecule has 0 saturated carbocycles. The van der Waals surface area contributed by atoms with Gasteiger partial charge in [0, 0.05) is 5.02 Å². The number of rotatable bonds is 4. The Kier molecular flexibility index (Phi) is 4.17. The first kappa shape index (κ1) is 14.0. The molecule has 2 rings (SSSR count). The van der Waals surface area contributed by atoms with Gasteiger partial charge in [0.25, 0.3) is 0 Å². The second-order valence-electron chi connectivity index (χ2n) is 4.38. The number of hydrogen-bond donors (Lipinski definition) is 1. The number of halogens is 2. The Morgan fingerprint density at radius 3 is 2.79 bits per heavy atom. The Hall–Kier alpha value is -1.46. The van der Waals surface area contributed by atoms with Crippen LogP contribution in [0.15, 0.2) is 18.2 Å². The molecule has 0 aliphatic heterocycles. The Balaban J connectivity index is 2.41. The van der Waals surface area contributed by atoms with Crippen molar-refractivity contribution in [2.45, 2.75) is 26.8 Å². The van der Waals surface area contributed by atoms with Gasteiger partial charge in [0.15, 0.2) is 0 Å². The van der Waals surface area contributed by atoms with E-state index < -0.39 is 5.82 Å². The number of hydrogen-bond acceptors (Lipinski definition) is 3. The van der Waals surface area contributed by atoms with Crippen LogP contribution in [0, 0.1) is 12.7 Å². The normalized spacial score (nSPS) is 12.7. The van der Waals surface area contributed by atoms with E-state index in [1.807, 2.05) is 20.8 Å². The van der Waals surface area contributed by atoms with E-state index in [9.17, 15) is 4.39 Å². The minimum Gasteiger partial charge on any atom is -0.309 e. The first-order chi connectivity index (χ1) is 9.02. The van der Waals surface area contributed by atoms with Crippen LogP contribution < -0.4 is 5.32 Å². The van der Waals surface area contributed by atoms with E-state index in [1.165, 1.54) is 12.1 Å². The summed E-state index contributed by atoms with van der Waals surface area (Å²) < 4.78 is 15.0. The molecule has 2 aromatic rings. The van der Waals surface area contributed by atoms with Gasteiger partial charge in [-0.15, -0.1) is 5.10 Å². The molecule has 1 N–H and O–H groups in total. The molecular formula is C13H16ClFN4. The summed E-state index contributed by atoms with van der Waals surface area (Å²) in [5, 5.41) is 11.8. The Labute approximate surface area is 116 Å². The molecule has 1 aromatic carbocycles. The van der Waals surface area contributed by atoms with Gasteiger partial charge in [-0.25, -0.2) is 9.07 Å². The van der Waals surface area contributed by atoms with E-state index in [0.717, 1.165) is 17.9 Å². The monoisotopic (exact) mass is 282 g/mol. The molecule has 1 atom stereocenters. The Morgan fingerprint density at radius 1 is 1.42 bits per heavy atom. The van der Waals surface area contributed by atoms with Gasteiger partial charge in [0.05, 0.1) is 17.4 Å². The van der Waals surface area contributed by atoms with Crippen molar-refractivity contribution in [1.29, 1.82) is 0 Å². The first-order valence-corrected chi connectivity index (χ1v) is 6.52. The zero-order valence-corrected chi connectivity index (χ0v) is 11.9. The standard InChI is InChI=1S/C13H16ClFN4/c1-4-16-8(2)13-9(3)19(18-17-13)12-6-10(14)5-11(15)7-12/h5-8,16H,4H2,1-3H3. The highest BCUT2D eigenvalue weighted by atomic mass is 35.5. The van der Waals surface area contributed by atoms with Gasteiger partial charge >= 0.3 is 0 Å². The van der Waals surface area contributed by atoms with Crippen LogP contribution in [0.4, 0.5) is 4.39 Å². The van der Waals surface area contributed by atoms with E-state index >= 15 is 0 Å². The van der Waals surface area contributed by atoms with Crippen LogP contribution in [0.25, 0.3) is 5.69 Å². The third kappa shape index (κ3) is 2.93. The molecular weight excluding hydrogens is 267 g/mol. The number of benzene rings is 1. The van der Waals surface area contributed by atoms with Gasteiger partial charge in [-0.2, -0.15) is 0 Å². The predicted octanol–water partition coefficient (Wildman–Crippen LogP) is 3.04. The molecule has 0 fully saturated rings. The molecule has 4 nitrogen and oxygen atoms in total. The number of nitrogens with one attached hydrogen (secondary N) is 1. The van der Waals surface area contributed by atoms with Crippen LogP contribution >= 0.6 is 11.6 Å². The molecule has 0 bridgehead atoms. The lowest BCUT2D eigenvalue weighted by Crippen LogP contribution is -2.19. The fraction of sp³-hybridized carbons (Fsp3) is 0.385. The van der Waals surface area contributed by atoms with Crippen molar-refractivity contribution in [2.75, 3.05) is 6.54 Å². The first-order valence-electron chi connectivity index (χ1n) is 6.15. The van der Waals surface area contributed by atoms with E-state index in [0.29, 0.717) is 10.7 Å². The third-order valence-corrected chi connectivity index (χ3v) is 3.16. The average Bonchev–Trinajstić information content (AvgIpc) is 2.70. The van der Waals surface area contributed by atoms with Crippen molar-refractivity contribution >= 4 is 11.6 Å². The van der Waals surface area contributed by atoms with Crippen molar-refractivity contribution in [1.82, 2.24) is 20.3 Å². The van der Waals surface area contributed by atoms with Crippen LogP contribution in [0.2, 0.25) is 5.02 Å². The van der Waals surface area contributed by atoms with Crippen LogP contribution in [-0.4, -0.2) is 21.5 Å². The fourth-order valence-corrected chi connectivity index (χ4v) is 2.27. The highest BCUT2D eigenvalue weighted by molar-refractivity contribution is 6.30. The van der Waals surface area contributed by atoms with Crippen molar-refractivity contribution in [3.63, 3.8) is 0 Å². The van der Waals surface area contributed by atoms with Crippen molar-refractivity contribution in [2.24, 2.45) is 0 Å². The van der Waals surface area contributed by atoms with Crippen molar-refractivity contribution in [3.05, 3.63) is 40.4 Å². The SMILES string of the molecule is CCNC(C)c1nnn(-c2cc(F)cc(Cl)c2)c1C. The molecule has 1 unspecified atom stereocenters. The van der Waals surface area contributed by atoms with Gasteiger partial charge in [-0.05, 0) is 38.6 Å². The quantitative estimate of drug-likeness (QED) is 0.937. The molecule has 1 heterocycles. The third-order valence-electron chi connectivity index (χ3n) is 2.94. The van der Waals surface area contributed by atoms with E-state index in [2.05, 4.69) is 15.6 Å². The summed E-state index contributed by atoms with van der Waals surface area (Å²) in [7, 11) is 0. The molecule has 19 heavy (non-hydrogen) atoms. The van der Waals surface area contributed by atoms with Crippen molar-refractivity contribution in [3.8, 4) is 5.69 Å². The highest BCUT2D eigenvalue weighted by Gasteiger charge is 2.16. The molecule has 102 valence electrons. The molecule has 0 aliphatic rings. The van der Waals surface area contributed by atoms with Gasteiger partial charge < -0.3 is 5.32 Å².